The van der Waals surface area contributed by atoms with E-state index in [0.29, 0.717) is 6.54 Å². The molecule has 0 saturated heterocycles. The molecule has 0 atom stereocenters. The van der Waals surface area contributed by atoms with Gasteiger partial charge in [0.05, 0.1) is 6.20 Å². The summed E-state index contributed by atoms with van der Waals surface area (Å²) in [6, 6.07) is 7.50. The Bertz CT molecular complexity index is 641. The minimum Gasteiger partial charge on any atom is -0.384 e. The standard InChI is InChI=1S/C14H14N4O2/c1-18(14(20)13-9-15-17-16-13)10-12-6-3-2-5-11(12)7-4-8-19/h2-3,5-6,9,19H,8,10H2,1H3,(H,15,16,17). The summed E-state index contributed by atoms with van der Waals surface area (Å²) in [6.07, 6.45) is 1.39. The molecule has 2 aromatic rings. The highest BCUT2D eigenvalue weighted by Crippen LogP contribution is 2.11. The fourth-order valence-corrected chi connectivity index (χ4v) is 1.74. The Morgan fingerprint density at radius 2 is 2.25 bits per heavy atom. The third-order valence-corrected chi connectivity index (χ3v) is 2.71. The van der Waals surface area contributed by atoms with Gasteiger partial charge >= 0.3 is 0 Å². The average molecular weight is 270 g/mol. The van der Waals surface area contributed by atoms with Crippen LogP contribution in [0.25, 0.3) is 0 Å². The van der Waals surface area contributed by atoms with Crippen LogP contribution in [-0.4, -0.2) is 45.0 Å². The molecule has 0 fully saturated rings. The molecule has 1 heterocycles. The Hall–Kier alpha value is -2.65. The van der Waals surface area contributed by atoms with Crippen LogP contribution in [0, 0.1) is 11.8 Å². The quantitative estimate of drug-likeness (QED) is 0.792. The normalized spacial score (nSPS) is 9.70. The molecule has 2 N–H and O–H groups in total. The molecule has 0 unspecified atom stereocenters. The van der Waals surface area contributed by atoms with Gasteiger partial charge in [-0.15, -0.1) is 0 Å². The van der Waals surface area contributed by atoms with E-state index in [4.69, 9.17) is 5.11 Å². The minimum absolute atomic E-state index is 0.192. The maximum atomic E-state index is 12.1. The maximum Gasteiger partial charge on any atom is 0.276 e. The fourth-order valence-electron chi connectivity index (χ4n) is 1.74. The Morgan fingerprint density at radius 1 is 1.45 bits per heavy atom. The van der Waals surface area contributed by atoms with Crippen LogP contribution in [0.1, 0.15) is 21.6 Å². The van der Waals surface area contributed by atoms with Crippen LogP contribution in [0.2, 0.25) is 0 Å². The lowest BCUT2D eigenvalue weighted by molar-refractivity contribution is 0.0779. The molecule has 20 heavy (non-hydrogen) atoms. The molecule has 0 radical (unpaired) electrons. The molecule has 1 amide bonds. The number of rotatable bonds is 3. The summed E-state index contributed by atoms with van der Waals surface area (Å²) in [4.78, 5) is 13.6. The first-order chi connectivity index (χ1) is 9.72. The summed E-state index contributed by atoms with van der Waals surface area (Å²) in [5, 5.41) is 18.5. The van der Waals surface area contributed by atoms with Crippen molar-refractivity contribution in [3.63, 3.8) is 0 Å². The van der Waals surface area contributed by atoms with Gasteiger partial charge in [-0.1, -0.05) is 30.0 Å². The Morgan fingerprint density at radius 3 is 2.95 bits per heavy atom. The van der Waals surface area contributed by atoms with Crippen LogP contribution in [0.5, 0.6) is 0 Å². The fraction of sp³-hybridized carbons (Fsp3) is 0.214. The highest BCUT2D eigenvalue weighted by atomic mass is 16.2. The van der Waals surface area contributed by atoms with E-state index >= 15 is 0 Å². The number of aliphatic hydroxyl groups excluding tert-OH is 1. The number of nitrogens with zero attached hydrogens (tertiary/aromatic N) is 3. The first kappa shape index (κ1) is 13.8. The Balaban J connectivity index is 2.15. The number of aromatic amines is 1. The lowest BCUT2D eigenvalue weighted by Gasteiger charge is -2.16. The van der Waals surface area contributed by atoms with Gasteiger partial charge in [-0.2, -0.15) is 15.4 Å². The third-order valence-electron chi connectivity index (χ3n) is 2.71. The molecule has 6 nitrogen and oxygen atoms in total. The molecule has 0 bridgehead atoms. The van der Waals surface area contributed by atoms with Gasteiger partial charge in [0.1, 0.15) is 6.61 Å². The summed E-state index contributed by atoms with van der Waals surface area (Å²) in [5.74, 6) is 5.26. The van der Waals surface area contributed by atoms with Crippen LogP contribution in [0.15, 0.2) is 30.5 Å². The van der Waals surface area contributed by atoms with Crippen molar-refractivity contribution in [2.75, 3.05) is 13.7 Å². The highest BCUT2D eigenvalue weighted by Gasteiger charge is 2.15. The van der Waals surface area contributed by atoms with E-state index in [9.17, 15) is 4.79 Å². The monoisotopic (exact) mass is 270 g/mol. The molecule has 1 aromatic heterocycles. The molecular weight excluding hydrogens is 256 g/mol. The summed E-state index contributed by atoms with van der Waals surface area (Å²) >= 11 is 0. The van der Waals surface area contributed by atoms with Crippen molar-refractivity contribution >= 4 is 5.91 Å². The lowest BCUT2D eigenvalue weighted by Crippen LogP contribution is -2.26. The van der Waals surface area contributed by atoms with Crippen LogP contribution < -0.4 is 0 Å². The molecule has 6 heteroatoms. The lowest BCUT2D eigenvalue weighted by atomic mass is 10.1. The van der Waals surface area contributed by atoms with E-state index in [2.05, 4.69) is 27.3 Å². The molecule has 0 saturated carbocycles. The summed E-state index contributed by atoms with van der Waals surface area (Å²) < 4.78 is 0. The third kappa shape index (κ3) is 3.22. The second-order valence-corrected chi connectivity index (χ2v) is 4.13. The zero-order valence-corrected chi connectivity index (χ0v) is 11.0. The van der Waals surface area contributed by atoms with Gasteiger partial charge in [-0.3, -0.25) is 4.79 Å². The molecule has 1 aromatic carbocycles. The largest absolute Gasteiger partial charge is 0.384 e. The molecule has 0 aliphatic rings. The molecule has 0 aliphatic carbocycles. The van der Waals surface area contributed by atoms with Crippen molar-refractivity contribution < 1.29 is 9.90 Å². The van der Waals surface area contributed by atoms with Crippen LogP contribution in [0.4, 0.5) is 0 Å². The summed E-state index contributed by atoms with van der Waals surface area (Å²) in [5.41, 5.74) is 1.97. The number of hydrogen-bond acceptors (Lipinski definition) is 4. The van der Waals surface area contributed by atoms with Gasteiger partial charge in [0.25, 0.3) is 5.91 Å². The summed E-state index contributed by atoms with van der Waals surface area (Å²) in [7, 11) is 1.69. The first-order valence-corrected chi connectivity index (χ1v) is 6.01. The van der Waals surface area contributed by atoms with Crippen molar-refractivity contribution in [3.05, 3.63) is 47.3 Å². The average Bonchev–Trinajstić information content (AvgIpc) is 2.99. The number of carbonyl (C=O) groups is 1. The number of aromatic nitrogens is 3. The van der Waals surface area contributed by atoms with E-state index in [1.807, 2.05) is 24.3 Å². The van der Waals surface area contributed by atoms with Crippen molar-refractivity contribution in [2.45, 2.75) is 6.54 Å². The van der Waals surface area contributed by atoms with E-state index in [0.717, 1.165) is 11.1 Å². The van der Waals surface area contributed by atoms with Crippen molar-refractivity contribution in [2.24, 2.45) is 0 Å². The number of hydrogen-bond donors (Lipinski definition) is 2. The van der Waals surface area contributed by atoms with Gasteiger partial charge in [-0.25, -0.2) is 0 Å². The van der Waals surface area contributed by atoms with Gasteiger partial charge in [0.2, 0.25) is 0 Å². The van der Waals surface area contributed by atoms with E-state index < -0.39 is 0 Å². The van der Waals surface area contributed by atoms with Gasteiger partial charge < -0.3 is 10.0 Å². The second kappa shape index (κ2) is 6.50. The number of carbonyl (C=O) groups excluding carboxylic acids is 1. The Kier molecular flexibility index (Phi) is 4.47. The van der Waals surface area contributed by atoms with Crippen LogP contribution in [-0.2, 0) is 6.54 Å². The number of aliphatic hydroxyl groups is 1. The van der Waals surface area contributed by atoms with E-state index in [1.54, 1.807) is 7.05 Å². The van der Waals surface area contributed by atoms with Crippen LogP contribution in [0.3, 0.4) is 0 Å². The number of amides is 1. The van der Waals surface area contributed by atoms with Gasteiger partial charge in [-0.05, 0) is 11.6 Å². The number of benzene rings is 1. The molecular formula is C14H14N4O2. The number of H-pyrrole nitrogens is 1. The SMILES string of the molecule is CN(Cc1ccccc1C#CCO)C(=O)c1cn[nH]n1. The molecule has 0 aliphatic heterocycles. The predicted octanol–water partition coefficient (Wildman–Crippen LogP) is 0.421. The second-order valence-electron chi connectivity index (χ2n) is 4.13. The predicted molar refractivity (Wildman–Crippen MR) is 72.6 cm³/mol. The highest BCUT2D eigenvalue weighted by molar-refractivity contribution is 5.91. The van der Waals surface area contributed by atoms with Gasteiger partial charge in [0, 0.05) is 19.2 Å². The Labute approximate surface area is 116 Å². The van der Waals surface area contributed by atoms with E-state index in [1.165, 1.54) is 11.1 Å². The first-order valence-electron chi connectivity index (χ1n) is 6.01. The summed E-state index contributed by atoms with van der Waals surface area (Å²) in [6.45, 7) is 0.212. The topological polar surface area (TPSA) is 82.1 Å². The maximum absolute atomic E-state index is 12.1. The van der Waals surface area contributed by atoms with Gasteiger partial charge in [0.15, 0.2) is 5.69 Å². The molecule has 0 spiro atoms. The van der Waals surface area contributed by atoms with Crippen molar-refractivity contribution in [3.8, 4) is 11.8 Å². The van der Waals surface area contributed by atoms with Crippen molar-refractivity contribution in [1.29, 1.82) is 0 Å². The van der Waals surface area contributed by atoms with E-state index in [-0.39, 0.29) is 18.2 Å². The smallest absolute Gasteiger partial charge is 0.276 e. The number of nitrogens with one attached hydrogen (secondary N) is 1. The minimum atomic E-state index is -0.219. The molecule has 102 valence electrons. The van der Waals surface area contributed by atoms with Crippen LogP contribution >= 0.6 is 0 Å². The molecule has 2 rings (SSSR count). The zero-order valence-electron chi connectivity index (χ0n) is 11.0. The van der Waals surface area contributed by atoms with Crippen molar-refractivity contribution in [1.82, 2.24) is 20.3 Å². The zero-order chi connectivity index (χ0) is 14.4.